The first-order valence-electron chi connectivity index (χ1n) is 4.40. The molecule has 0 radical (unpaired) electrons. The normalized spacial score (nSPS) is 12.1. The molecule has 0 aliphatic carbocycles. The largest absolute Gasteiger partial charge is 0.481 e. The van der Waals surface area contributed by atoms with E-state index in [0.29, 0.717) is 0 Å². The third-order valence-electron chi connectivity index (χ3n) is 1.98. The van der Waals surface area contributed by atoms with E-state index in [-0.39, 0.29) is 22.8 Å². The second-order valence-electron chi connectivity index (χ2n) is 3.29. The molecule has 0 amide bonds. The van der Waals surface area contributed by atoms with E-state index in [1.165, 1.54) is 18.4 Å². The first kappa shape index (κ1) is 12.3. The maximum Gasteiger partial charge on any atom is 0.324 e. The molecule has 1 N–H and O–H groups in total. The maximum atomic E-state index is 11.6. The lowest BCUT2D eigenvalue weighted by molar-refractivity contribution is -0.380. The summed E-state index contributed by atoms with van der Waals surface area (Å²) < 4.78 is 0. The SMILES string of the molecule is CC(CC(=O)O)C(=O)c1csc([N+](=O)[O-])c1. The van der Waals surface area contributed by atoms with E-state index < -0.39 is 16.8 Å². The molecule has 86 valence electrons. The Balaban J connectivity index is 2.80. The molecular formula is C9H9NO5S. The van der Waals surface area contributed by atoms with Crippen LogP contribution in [0.25, 0.3) is 0 Å². The number of Topliss-reactive ketones (excluding diaryl/α,β-unsaturated/α-hetero) is 1. The zero-order valence-electron chi connectivity index (χ0n) is 8.37. The molecule has 1 unspecified atom stereocenters. The summed E-state index contributed by atoms with van der Waals surface area (Å²) in [7, 11) is 0. The number of hydrogen-bond acceptors (Lipinski definition) is 5. The van der Waals surface area contributed by atoms with Gasteiger partial charge in [-0.1, -0.05) is 18.3 Å². The molecule has 1 rings (SSSR count). The predicted molar refractivity (Wildman–Crippen MR) is 56.7 cm³/mol. The van der Waals surface area contributed by atoms with Gasteiger partial charge in [-0.05, 0) is 0 Å². The molecule has 0 aliphatic rings. The van der Waals surface area contributed by atoms with Crippen molar-refractivity contribution in [3.63, 3.8) is 0 Å². The Bertz CT molecular complexity index is 439. The number of carbonyl (C=O) groups excluding carboxylic acids is 1. The number of nitrogens with zero attached hydrogens (tertiary/aromatic N) is 1. The molecule has 0 saturated carbocycles. The lowest BCUT2D eigenvalue weighted by Crippen LogP contribution is -2.14. The molecule has 0 aliphatic heterocycles. The van der Waals surface area contributed by atoms with Gasteiger partial charge in [0.2, 0.25) is 0 Å². The Morgan fingerprint density at radius 3 is 2.69 bits per heavy atom. The first-order chi connectivity index (χ1) is 7.41. The number of carboxylic acids is 1. The van der Waals surface area contributed by atoms with Gasteiger partial charge in [0, 0.05) is 22.9 Å². The van der Waals surface area contributed by atoms with Gasteiger partial charge in [0.15, 0.2) is 5.78 Å². The van der Waals surface area contributed by atoms with Gasteiger partial charge in [0.25, 0.3) is 0 Å². The van der Waals surface area contributed by atoms with Crippen molar-refractivity contribution in [3.05, 3.63) is 27.1 Å². The van der Waals surface area contributed by atoms with E-state index in [2.05, 4.69) is 0 Å². The van der Waals surface area contributed by atoms with Crippen LogP contribution in [-0.4, -0.2) is 21.8 Å². The van der Waals surface area contributed by atoms with Gasteiger partial charge < -0.3 is 5.11 Å². The molecule has 7 heteroatoms. The summed E-state index contributed by atoms with van der Waals surface area (Å²) in [5, 5.41) is 20.2. The summed E-state index contributed by atoms with van der Waals surface area (Å²) in [6, 6.07) is 1.17. The molecule has 0 aromatic carbocycles. The number of nitro groups is 1. The molecule has 0 spiro atoms. The van der Waals surface area contributed by atoms with Crippen LogP contribution in [0.2, 0.25) is 0 Å². The van der Waals surface area contributed by atoms with E-state index in [4.69, 9.17) is 5.11 Å². The summed E-state index contributed by atoms with van der Waals surface area (Å²) in [4.78, 5) is 31.9. The van der Waals surface area contributed by atoms with Crippen LogP contribution >= 0.6 is 11.3 Å². The third-order valence-corrected chi connectivity index (χ3v) is 2.86. The van der Waals surface area contributed by atoms with Crippen molar-refractivity contribution in [1.29, 1.82) is 0 Å². The summed E-state index contributed by atoms with van der Waals surface area (Å²) in [5.41, 5.74) is 0.199. The number of ketones is 1. The van der Waals surface area contributed by atoms with Crippen LogP contribution in [0.4, 0.5) is 5.00 Å². The summed E-state index contributed by atoms with van der Waals surface area (Å²) in [5.74, 6) is -2.12. The minimum absolute atomic E-state index is 0.120. The van der Waals surface area contributed by atoms with Crippen molar-refractivity contribution in [2.45, 2.75) is 13.3 Å². The summed E-state index contributed by atoms with van der Waals surface area (Å²) in [6.07, 6.45) is -0.275. The molecule has 6 nitrogen and oxygen atoms in total. The number of hydrogen-bond donors (Lipinski definition) is 1. The van der Waals surface area contributed by atoms with Gasteiger partial charge in [-0.15, -0.1) is 0 Å². The van der Waals surface area contributed by atoms with E-state index in [9.17, 15) is 19.7 Å². The van der Waals surface area contributed by atoms with Crippen molar-refractivity contribution >= 4 is 28.1 Å². The highest BCUT2D eigenvalue weighted by atomic mass is 32.1. The average molecular weight is 243 g/mol. The van der Waals surface area contributed by atoms with Crippen LogP contribution in [-0.2, 0) is 4.79 Å². The topological polar surface area (TPSA) is 97.5 Å². The van der Waals surface area contributed by atoms with Crippen LogP contribution in [0.1, 0.15) is 23.7 Å². The molecule has 1 heterocycles. The van der Waals surface area contributed by atoms with Crippen molar-refractivity contribution in [2.24, 2.45) is 5.92 Å². The highest BCUT2D eigenvalue weighted by Crippen LogP contribution is 2.25. The van der Waals surface area contributed by atoms with Crippen LogP contribution in [0.15, 0.2) is 11.4 Å². The fraction of sp³-hybridized carbons (Fsp3) is 0.333. The average Bonchev–Trinajstić information content (AvgIpc) is 2.64. The van der Waals surface area contributed by atoms with E-state index >= 15 is 0 Å². The van der Waals surface area contributed by atoms with Crippen LogP contribution in [0, 0.1) is 16.0 Å². The molecular weight excluding hydrogens is 234 g/mol. The monoisotopic (exact) mass is 243 g/mol. The number of carbonyl (C=O) groups is 2. The van der Waals surface area contributed by atoms with Gasteiger partial charge in [0.1, 0.15) is 0 Å². The van der Waals surface area contributed by atoms with Crippen molar-refractivity contribution in [2.75, 3.05) is 0 Å². The van der Waals surface area contributed by atoms with Gasteiger partial charge in [0.05, 0.1) is 11.3 Å². The predicted octanol–water partition coefficient (Wildman–Crippen LogP) is 1.95. The lowest BCUT2D eigenvalue weighted by Gasteiger charge is -2.04. The molecule has 1 atom stereocenters. The third kappa shape index (κ3) is 2.86. The minimum Gasteiger partial charge on any atom is -0.481 e. The van der Waals surface area contributed by atoms with Crippen molar-refractivity contribution < 1.29 is 19.6 Å². The second-order valence-corrected chi connectivity index (χ2v) is 4.18. The molecule has 0 bridgehead atoms. The zero-order valence-corrected chi connectivity index (χ0v) is 9.19. The summed E-state index contributed by atoms with van der Waals surface area (Å²) >= 11 is 0.855. The zero-order chi connectivity index (χ0) is 12.3. The highest BCUT2D eigenvalue weighted by molar-refractivity contribution is 7.13. The first-order valence-corrected chi connectivity index (χ1v) is 5.28. The van der Waals surface area contributed by atoms with Crippen LogP contribution in [0.5, 0.6) is 0 Å². The standard InChI is InChI=1S/C9H9NO5S/c1-5(2-8(11)12)9(13)6-3-7(10(14)15)16-4-6/h3-5H,2H2,1H3,(H,11,12). The maximum absolute atomic E-state index is 11.6. The Morgan fingerprint density at radius 2 is 2.25 bits per heavy atom. The Labute approximate surface area is 94.7 Å². The number of carboxylic acid groups (broad SMARTS) is 1. The van der Waals surface area contributed by atoms with E-state index in [1.807, 2.05) is 0 Å². The van der Waals surface area contributed by atoms with Crippen molar-refractivity contribution in [3.8, 4) is 0 Å². The summed E-state index contributed by atoms with van der Waals surface area (Å²) in [6.45, 7) is 1.49. The number of aliphatic carboxylic acids is 1. The van der Waals surface area contributed by atoms with E-state index in [1.54, 1.807) is 0 Å². The molecule has 0 saturated heterocycles. The fourth-order valence-corrected chi connectivity index (χ4v) is 1.90. The lowest BCUT2D eigenvalue weighted by atomic mass is 9.98. The van der Waals surface area contributed by atoms with Crippen LogP contribution in [0.3, 0.4) is 0 Å². The smallest absolute Gasteiger partial charge is 0.324 e. The van der Waals surface area contributed by atoms with E-state index in [0.717, 1.165) is 11.3 Å². The highest BCUT2D eigenvalue weighted by Gasteiger charge is 2.21. The number of thiophene rings is 1. The molecule has 1 aromatic heterocycles. The quantitative estimate of drug-likeness (QED) is 0.484. The van der Waals surface area contributed by atoms with Gasteiger partial charge in [-0.3, -0.25) is 19.7 Å². The Hall–Kier alpha value is -1.76. The van der Waals surface area contributed by atoms with Crippen LogP contribution < -0.4 is 0 Å². The Morgan fingerprint density at radius 1 is 1.62 bits per heavy atom. The number of rotatable bonds is 5. The fourth-order valence-electron chi connectivity index (χ4n) is 1.19. The molecule has 1 aromatic rings. The molecule has 16 heavy (non-hydrogen) atoms. The minimum atomic E-state index is -1.06. The second kappa shape index (κ2) is 4.84. The Kier molecular flexibility index (Phi) is 3.73. The van der Waals surface area contributed by atoms with Gasteiger partial charge in [-0.2, -0.15) is 0 Å². The van der Waals surface area contributed by atoms with Crippen molar-refractivity contribution in [1.82, 2.24) is 0 Å². The molecule has 0 fully saturated rings. The van der Waals surface area contributed by atoms with Gasteiger partial charge in [-0.25, -0.2) is 0 Å². The van der Waals surface area contributed by atoms with Gasteiger partial charge >= 0.3 is 11.0 Å².